The third-order valence-electron chi connectivity index (χ3n) is 5.82. The minimum atomic E-state index is -0.664. The second-order valence-electron chi connectivity index (χ2n) is 11.5. The second-order valence-corrected chi connectivity index (χ2v) is 11.5. The van der Waals surface area contributed by atoms with Crippen molar-refractivity contribution in [1.29, 1.82) is 0 Å². The maximum atomic E-state index is 13.3. The summed E-state index contributed by atoms with van der Waals surface area (Å²) in [5.41, 5.74) is 8.17. The number of nitrogens with one attached hydrogen (secondary N) is 2. The zero-order chi connectivity index (χ0) is 29.1. The number of amides is 3. The maximum Gasteiger partial charge on any atom is 0.414 e. The molecule has 0 aliphatic heterocycles. The molecular formula is C28H36N6O5. The Balaban J connectivity index is 1.88. The van der Waals surface area contributed by atoms with Gasteiger partial charge in [-0.05, 0) is 53.1 Å². The summed E-state index contributed by atoms with van der Waals surface area (Å²) in [4.78, 5) is 37.5. The number of hydrogen-bond donors (Lipinski definition) is 3. The van der Waals surface area contributed by atoms with Crippen LogP contribution in [-0.4, -0.2) is 46.6 Å². The number of ether oxygens (including phenoxy) is 2. The van der Waals surface area contributed by atoms with Gasteiger partial charge in [0.25, 0.3) is 17.7 Å². The fraction of sp³-hybridized carbons (Fsp3) is 0.393. The number of anilines is 1. The number of methoxy groups -OCH3 is 1. The molecular weight excluding hydrogens is 500 g/mol. The van der Waals surface area contributed by atoms with Crippen LogP contribution in [0.2, 0.25) is 0 Å². The lowest BCUT2D eigenvalue weighted by Crippen LogP contribution is -2.34. The van der Waals surface area contributed by atoms with Crippen molar-refractivity contribution in [3.8, 4) is 17.3 Å². The molecule has 0 spiro atoms. The summed E-state index contributed by atoms with van der Waals surface area (Å²) in [6.07, 6.45) is 0.818. The number of aryl methyl sites for hydroxylation is 1. The van der Waals surface area contributed by atoms with Crippen LogP contribution in [0.1, 0.15) is 73.4 Å². The SMILES string of the molecule is COc1c(NC(=O)c2ccc(C)c(-n3cc(OC(=O)NCC(C)(C)C)nn3)c2)cc(C(C)(C)C)cc1C(N)=O. The summed E-state index contributed by atoms with van der Waals surface area (Å²) < 4.78 is 12.1. The highest BCUT2D eigenvalue weighted by atomic mass is 16.6. The average molecular weight is 537 g/mol. The predicted molar refractivity (Wildman–Crippen MR) is 148 cm³/mol. The first-order valence-electron chi connectivity index (χ1n) is 12.4. The fourth-order valence-electron chi connectivity index (χ4n) is 3.63. The molecule has 1 aromatic heterocycles. The van der Waals surface area contributed by atoms with Crippen molar-refractivity contribution in [2.45, 2.75) is 53.9 Å². The van der Waals surface area contributed by atoms with E-state index < -0.39 is 17.9 Å². The Kier molecular flexibility index (Phi) is 8.33. The van der Waals surface area contributed by atoms with Crippen LogP contribution >= 0.6 is 0 Å². The first kappa shape index (κ1) is 29.2. The van der Waals surface area contributed by atoms with Gasteiger partial charge in [0.15, 0.2) is 5.75 Å². The quantitative estimate of drug-likeness (QED) is 0.406. The van der Waals surface area contributed by atoms with Gasteiger partial charge >= 0.3 is 6.09 Å². The van der Waals surface area contributed by atoms with Gasteiger partial charge in [-0.15, -0.1) is 0 Å². The first-order valence-corrected chi connectivity index (χ1v) is 12.4. The molecule has 0 radical (unpaired) electrons. The van der Waals surface area contributed by atoms with Crippen molar-refractivity contribution in [3.63, 3.8) is 0 Å². The summed E-state index contributed by atoms with van der Waals surface area (Å²) in [5, 5.41) is 13.5. The van der Waals surface area contributed by atoms with Crippen molar-refractivity contribution in [1.82, 2.24) is 20.3 Å². The summed E-state index contributed by atoms with van der Waals surface area (Å²) >= 11 is 0. The Morgan fingerprint density at radius 2 is 1.74 bits per heavy atom. The molecule has 3 aromatic rings. The molecule has 0 fully saturated rings. The van der Waals surface area contributed by atoms with Crippen LogP contribution in [-0.2, 0) is 5.41 Å². The molecule has 0 aliphatic carbocycles. The van der Waals surface area contributed by atoms with Gasteiger partial charge in [0, 0.05) is 12.1 Å². The van der Waals surface area contributed by atoms with E-state index >= 15 is 0 Å². The minimum absolute atomic E-state index is 0.0124. The summed E-state index contributed by atoms with van der Waals surface area (Å²) in [5.74, 6) is -0.908. The highest BCUT2D eigenvalue weighted by Gasteiger charge is 2.23. The van der Waals surface area contributed by atoms with E-state index in [0.717, 1.165) is 11.1 Å². The topological polar surface area (TPSA) is 150 Å². The van der Waals surface area contributed by atoms with Gasteiger partial charge in [-0.1, -0.05) is 57.9 Å². The molecule has 2 aromatic carbocycles. The van der Waals surface area contributed by atoms with Gasteiger partial charge in [-0.25, -0.2) is 9.48 Å². The smallest absolute Gasteiger partial charge is 0.414 e. The van der Waals surface area contributed by atoms with Crippen LogP contribution in [0.5, 0.6) is 11.6 Å². The number of primary amides is 1. The van der Waals surface area contributed by atoms with Crippen LogP contribution in [0.3, 0.4) is 0 Å². The number of rotatable bonds is 7. The molecule has 39 heavy (non-hydrogen) atoms. The largest absolute Gasteiger partial charge is 0.494 e. The van der Waals surface area contributed by atoms with E-state index in [1.165, 1.54) is 18.0 Å². The van der Waals surface area contributed by atoms with Gasteiger partial charge in [0.1, 0.15) is 0 Å². The molecule has 0 atom stereocenters. The van der Waals surface area contributed by atoms with Crippen molar-refractivity contribution < 1.29 is 23.9 Å². The fourth-order valence-corrected chi connectivity index (χ4v) is 3.63. The molecule has 3 amide bonds. The first-order chi connectivity index (χ1) is 18.1. The van der Waals surface area contributed by atoms with Crippen molar-refractivity contribution >= 4 is 23.6 Å². The molecule has 0 aliphatic rings. The maximum absolute atomic E-state index is 13.3. The van der Waals surface area contributed by atoms with Crippen LogP contribution in [0.4, 0.5) is 10.5 Å². The van der Waals surface area contributed by atoms with Crippen LogP contribution < -0.4 is 25.8 Å². The highest BCUT2D eigenvalue weighted by Crippen LogP contribution is 2.35. The van der Waals surface area contributed by atoms with E-state index in [4.69, 9.17) is 15.2 Å². The minimum Gasteiger partial charge on any atom is -0.494 e. The van der Waals surface area contributed by atoms with Gasteiger partial charge in [-0.2, -0.15) is 0 Å². The lowest BCUT2D eigenvalue weighted by molar-refractivity contribution is 0.0992. The highest BCUT2D eigenvalue weighted by molar-refractivity contribution is 6.07. The second kappa shape index (κ2) is 11.1. The Bertz CT molecular complexity index is 1400. The van der Waals surface area contributed by atoms with Crippen molar-refractivity contribution in [2.24, 2.45) is 11.1 Å². The molecule has 0 bridgehead atoms. The van der Waals surface area contributed by atoms with Crippen LogP contribution in [0.25, 0.3) is 5.69 Å². The van der Waals surface area contributed by atoms with E-state index in [1.54, 1.807) is 30.3 Å². The van der Waals surface area contributed by atoms with Gasteiger partial charge < -0.3 is 25.8 Å². The number of carbonyl (C=O) groups excluding carboxylic acids is 3. The van der Waals surface area contributed by atoms with E-state index in [9.17, 15) is 14.4 Å². The molecule has 208 valence electrons. The van der Waals surface area contributed by atoms with E-state index in [2.05, 4.69) is 20.9 Å². The van der Waals surface area contributed by atoms with E-state index in [-0.39, 0.29) is 28.0 Å². The Morgan fingerprint density at radius 1 is 1.05 bits per heavy atom. The molecule has 0 saturated heterocycles. The standard InChI is InChI=1S/C28H36N6O5/c1-16-9-10-17(11-21(16)34-14-22(32-33-34)39-26(37)30-15-27(2,3)4)25(36)31-20-13-18(28(5,6)7)12-19(24(29)35)23(20)38-8/h9-14H,15H2,1-8H3,(H2,29,35)(H,30,37)(H,31,36). The zero-order valence-corrected chi connectivity index (χ0v) is 23.6. The molecule has 1 heterocycles. The summed E-state index contributed by atoms with van der Waals surface area (Å²) in [7, 11) is 1.41. The average Bonchev–Trinajstić information content (AvgIpc) is 3.29. The number of aromatic nitrogens is 3. The predicted octanol–water partition coefficient (Wildman–Crippen LogP) is 4.37. The lowest BCUT2D eigenvalue weighted by Gasteiger charge is -2.23. The molecule has 11 nitrogen and oxygen atoms in total. The molecule has 11 heteroatoms. The zero-order valence-electron chi connectivity index (χ0n) is 23.6. The summed E-state index contributed by atoms with van der Waals surface area (Å²) in [6.45, 7) is 14.2. The number of nitrogens with two attached hydrogens (primary N) is 1. The van der Waals surface area contributed by atoms with E-state index in [1.807, 2.05) is 48.5 Å². The van der Waals surface area contributed by atoms with Crippen molar-refractivity contribution in [3.05, 3.63) is 58.8 Å². The van der Waals surface area contributed by atoms with Crippen LogP contribution in [0, 0.1) is 12.3 Å². The molecule has 0 unspecified atom stereocenters. The normalized spacial score (nSPS) is 11.6. The van der Waals surface area contributed by atoms with Gasteiger partial charge in [0.2, 0.25) is 0 Å². The number of nitrogens with zero attached hydrogens (tertiary/aromatic N) is 3. The van der Waals surface area contributed by atoms with Gasteiger partial charge in [0.05, 0.1) is 30.2 Å². The monoisotopic (exact) mass is 536 g/mol. The number of benzene rings is 2. The van der Waals surface area contributed by atoms with E-state index in [0.29, 0.717) is 23.5 Å². The summed E-state index contributed by atoms with van der Waals surface area (Å²) in [6, 6.07) is 8.51. The molecule has 0 saturated carbocycles. The van der Waals surface area contributed by atoms with Crippen molar-refractivity contribution in [2.75, 3.05) is 19.0 Å². The Hall–Kier alpha value is -4.41. The number of carbonyl (C=O) groups is 3. The Morgan fingerprint density at radius 3 is 2.33 bits per heavy atom. The molecule has 3 rings (SSSR count). The van der Waals surface area contributed by atoms with Crippen LogP contribution in [0.15, 0.2) is 36.5 Å². The molecule has 4 N–H and O–H groups in total. The lowest BCUT2D eigenvalue weighted by atomic mass is 9.85. The van der Waals surface area contributed by atoms with Gasteiger partial charge in [-0.3, -0.25) is 9.59 Å². The third-order valence-corrected chi connectivity index (χ3v) is 5.82. The Labute approximate surface area is 228 Å². The number of hydrogen-bond acceptors (Lipinski definition) is 7. The third kappa shape index (κ3) is 7.34.